The van der Waals surface area contributed by atoms with E-state index in [0.717, 1.165) is 16.1 Å². The molecule has 3 N–H and O–H groups in total. The number of hydrogen-bond acceptors (Lipinski definition) is 2. The zero-order chi connectivity index (χ0) is 14.0. The summed E-state index contributed by atoms with van der Waals surface area (Å²) in [6, 6.07) is 9.19. The summed E-state index contributed by atoms with van der Waals surface area (Å²) in [6.07, 6.45) is 0. The number of rotatable bonds is 2. The molecule has 2 aromatic carbocycles. The van der Waals surface area contributed by atoms with Crippen molar-refractivity contribution in [1.29, 1.82) is 0 Å². The number of amides is 1. The van der Waals surface area contributed by atoms with Gasteiger partial charge in [-0.05, 0) is 42.8 Å². The minimum atomic E-state index is -0.532. The van der Waals surface area contributed by atoms with Crippen LogP contribution in [0.25, 0.3) is 0 Å². The third kappa shape index (κ3) is 3.32. The highest BCUT2D eigenvalue weighted by Gasteiger charge is 2.09. The van der Waals surface area contributed by atoms with Crippen LogP contribution < -0.4 is 11.1 Å². The molecule has 0 atom stereocenters. The van der Waals surface area contributed by atoms with Crippen molar-refractivity contribution in [3.05, 3.63) is 57.8 Å². The number of benzene rings is 2. The van der Waals surface area contributed by atoms with Gasteiger partial charge in [-0.3, -0.25) is 4.79 Å². The Bertz CT molecular complexity index is 623. The summed E-state index contributed by atoms with van der Waals surface area (Å²) in [7, 11) is 0. The van der Waals surface area contributed by atoms with Gasteiger partial charge in [0.05, 0.1) is 0 Å². The van der Waals surface area contributed by atoms with Gasteiger partial charge in [0.25, 0.3) is 5.91 Å². The standard InChI is InChI=1S/C14H12BrFN2O/c1-8-2-3-12(7-13(8)15)18-14(19)9-4-10(16)6-11(17)5-9/h2-7H,17H2,1H3,(H,18,19). The van der Waals surface area contributed by atoms with Gasteiger partial charge in [0, 0.05) is 21.4 Å². The lowest BCUT2D eigenvalue weighted by molar-refractivity contribution is 0.102. The van der Waals surface area contributed by atoms with E-state index >= 15 is 0 Å². The molecule has 0 aliphatic carbocycles. The maximum atomic E-state index is 13.2. The molecule has 0 unspecified atom stereocenters. The Hall–Kier alpha value is -1.88. The average Bonchev–Trinajstić information content (AvgIpc) is 2.32. The van der Waals surface area contributed by atoms with Gasteiger partial charge in [0.2, 0.25) is 0 Å². The number of aryl methyl sites for hydroxylation is 1. The molecule has 0 aromatic heterocycles. The summed E-state index contributed by atoms with van der Waals surface area (Å²) in [5.41, 5.74) is 7.61. The van der Waals surface area contributed by atoms with Gasteiger partial charge in [0.1, 0.15) is 5.82 Å². The second-order valence-electron chi connectivity index (χ2n) is 4.19. The van der Waals surface area contributed by atoms with Gasteiger partial charge >= 0.3 is 0 Å². The SMILES string of the molecule is Cc1ccc(NC(=O)c2cc(N)cc(F)c2)cc1Br. The number of nitrogens with one attached hydrogen (secondary N) is 1. The van der Waals surface area contributed by atoms with Gasteiger partial charge in [0.15, 0.2) is 0 Å². The van der Waals surface area contributed by atoms with Crippen LogP contribution in [0.3, 0.4) is 0 Å². The van der Waals surface area contributed by atoms with E-state index in [1.807, 2.05) is 13.0 Å². The number of carbonyl (C=O) groups is 1. The van der Waals surface area contributed by atoms with Crippen molar-refractivity contribution in [3.63, 3.8) is 0 Å². The third-order valence-electron chi connectivity index (χ3n) is 2.61. The van der Waals surface area contributed by atoms with Gasteiger partial charge in [-0.2, -0.15) is 0 Å². The van der Waals surface area contributed by atoms with Crippen LogP contribution in [0.2, 0.25) is 0 Å². The van der Waals surface area contributed by atoms with Crippen LogP contribution in [0.1, 0.15) is 15.9 Å². The lowest BCUT2D eigenvalue weighted by Crippen LogP contribution is -2.12. The summed E-state index contributed by atoms with van der Waals surface area (Å²) >= 11 is 3.38. The number of nitrogens with two attached hydrogens (primary N) is 1. The zero-order valence-electron chi connectivity index (χ0n) is 10.2. The van der Waals surface area contributed by atoms with Gasteiger partial charge in [-0.15, -0.1) is 0 Å². The smallest absolute Gasteiger partial charge is 0.255 e. The maximum Gasteiger partial charge on any atom is 0.255 e. The van der Waals surface area contributed by atoms with E-state index in [-0.39, 0.29) is 11.3 Å². The summed E-state index contributed by atoms with van der Waals surface area (Å²) in [5.74, 6) is -0.933. The molecule has 0 saturated heterocycles. The normalized spacial score (nSPS) is 10.3. The molecule has 0 saturated carbocycles. The first-order valence-electron chi connectivity index (χ1n) is 5.59. The number of nitrogen functional groups attached to an aromatic ring is 1. The molecule has 1 amide bonds. The third-order valence-corrected chi connectivity index (χ3v) is 3.47. The molecule has 0 aliphatic rings. The van der Waals surface area contributed by atoms with Crippen LogP contribution in [0.15, 0.2) is 40.9 Å². The molecule has 2 rings (SSSR count). The van der Waals surface area contributed by atoms with Crippen LogP contribution in [-0.4, -0.2) is 5.91 Å². The van der Waals surface area contributed by atoms with Crippen molar-refractivity contribution in [1.82, 2.24) is 0 Å². The predicted octanol–water partition coefficient (Wildman–Crippen LogP) is 3.73. The Morgan fingerprint density at radius 2 is 2.00 bits per heavy atom. The molecule has 0 radical (unpaired) electrons. The number of halogens is 2. The van der Waals surface area contributed by atoms with Crippen LogP contribution in [0, 0.1) is 12.7 Å². The van der Waals surface area contributed by atoms with Crippen LogP contribution in [0.4, 0.5) is 15.8 Å². The van der Waals surface area contributed by atoms with Crippen LogP contribution >= 0.6 is 15.9 Å². The van der Waals surface area contributed by atoms with Crippen LogP contribution in [-0.2, 0) is 0 Å². The molecule has 98 valence electrons. The van der Waals surface area contributed by atoms with E-state index in [2.05, 4.69) is 21.2 Å². The average molecular weight is 323 g/mol. The molecule has 0 fully saturated rings. The first kappa shape index (κ1) is 13.5. The van der Waals surface area contributed by atoms with Crippen LogP contribution in [0.5, 0.6) is 0 Å². The Kier molecular flexibility index (Phi) is 3.85. The second-order valence-corrected chi connectivity index (χ2v) is 5.05. The summed E-state index contributed by atoms with van der Waals surface area (Å²) in [4.78, 5) is 12.0. The van der Waals surface area contributed by atoms with Crippen molar-refractivity contribution >= 4 is 33.2 Å². The number of carbonyl (C=O) groups excluding carboxylic acids is 1. The largest absolute Gasteiger partial charge is 0.399 e. The monoisotopic (exact) mass is 322 g/mol. The topological polar surface area (TPSA) is 55.1 Å². The molecule has 0 bridgehead atoms. The summed E-state index contributed by atoms with van der Waals surface area (Å²) < 4.78 is 14.1. The highest BCUT2D eigenvalue weighted by Crippen LogP contribution is 2.21. The van der Waals surface area contributed by atoms with E-state index in [1.54, 1.807) is 12.1 Å². The molecular formula is C14H12BrFN2O. The van der Waals surface area contributed by atoms with Crippen molar-refractivity contribution in [2.24, 2.45) is 0 Å². The predicted molar refractivity (Wildman–Crippen MR) is 77.6 cm³/mol. The highest BCUT2D eigenvalue weighted by molar-refractivity contribution is 9.10. The van der Waals surface area contributed by atoms with E-state index in [0.29, 0.717) is 5.69 Å². The highest BCUT2D eigenvalue weighted by atomic mass is 79.9. The molecule has 0 spiro atoms. The fourth-order valence-electron chi connectivity index (χ4n) is 1.62. The van der Waals surface area contributed by atoms with Gasteiger partial charge < -0.3 is 11.1 Å². The number of hydrogen-bond donors (Lipinski definition) is 2. The first-order valence-corrected chi connectivity index (χ1v) is 6.38. The zero-order valence-corrected chi connectivity index (χ0v) is 11.8. The van der Waals surface area contributed by atoms with Gasteiger partial charge in [-0.1, -0.05) is 22.0 Å². The van der Waals surface area contributed by atoms with Crippen molar-refractivity contribution in [2.75, 3.05) is 11.1 Å². The second kappa shape index (κ2) is 5.40. The fraction of sp³-hybridized carbons (Fsp3) is 0.0714. The van der Waals surface area contributed by atoms with Crippen molar-refractivity contribution in [2.45, 2.75) is 6.92 Å². The first-order chi connectivity index (χ1) is 8.95. The Labute approximate surface area is 118 Å². The minimum absolute atomic E-state index is 0.189. The quantitative estimate of drug-likeness (QED) is 0.828. The Morgan fingerprint density at radius 1 is 1.26 bits per heavy atom. The lowest BCUT2D eigenvalue weighted by atomic mass is 10.1. The van der Waals surface area contributed by atoms with Gasteiger partial charge in [-0.25, -0.2) is 4.39 Å². The molecule has 0 aliphatic heterocycles. The molecule has 3 nitrogen and oxygen atoms in total. The Morgan fingerprint density at radius 3 is 2.63 bits per heavy atom. The molecule has 5 heteroatoms. The Balaban J connectivity index is 2.22. The minimum Gasteiger partial charge on any atom is -0.399 e. The van der Waals surface area contributed by atoms with Crippen molar-refractivity contribution < 1.29 is 9.18 Å². The molecule has 19 heavy (non-hydrogen) atoms. The molecule has 2 aromatic rings. The fourth-order valence-corrected chi connectivity index (χ4v) is 2.00. The number of anilines is 2. The van der Waals surface area contributed by atoms with Crippen molar-refractivity contribution in [3.8, 4) is 0 Å². The maximum absolute atomic E-state index is 13.2. The van der Waals surface area contributed by atoms with E-state index < -0.39 is 11.7 Å². The molecular weight excluding hydrogens is 311 g/mol. The molecule has 0 heterocycles. The summed E-state index contributed by atoms with van der Waals surface area (Å²) in [5, 5.41) is 2.69. The van der Waals surface area contributed by atoms with E-state index in [9.17, 15) is 9.18 Å². The lowest BCUT2D eigenvalue weighted by Gasteiger charge is -2.07. The van der Waals surface area contributed by atoms with E-state index in [4.69, 9.17) is 5.73 Å². The summed E-state index contributed by atoms with van der Waals surface area (Å²) in [6.45, 7) is 1.95. The van der Waals surface area contributed by atoms with E-state index in [1.165, 1.54) is 12.1 Å².